The second-order valence-corrected chi connectivity index (χ2v) is 6.55. The first-order valence-corrected chi connectivity index (χ1v) is 9.29. The molecule has 27 heavy (non-hydrogen) atoms. The van der Waals surface area contributed by atoms with Gasteiger partial charge >= 0.3 is 5.97 Å². The lowest BCUT2D eigenvalue weighted by atomic mass is 9.95. The van der Waals surface area contributed by atoms with E-state index < -0.39 is 5.97 Å². The minimum Gasteiger partial charge on any atom is -0.481 e. The van der Waals surface area contributed by atoms with Crippen molar-refractivity contribution in [3.8, 4) is 11.1 Å². The van der Waals surface area contributed by atoms with Gasteiger partial charge in [-0.15, -0.1) is 0 Å². The standard InChI is InChI=1S/C21H25N3O3/c1-3-16-10-11-19-21(15-7-6-12-22-13-15)17(8-4-5-9-20(25)26)18(14-27-2)23-24(16)19/h6-7,10-13H,3-5,8-9,14H2,1-2H3,(H,25,26). The summed E-state index contributed by atoms with van der Waals surface area (Å²) in [4.78, 5) is 15.1. The highest BCUT2D eigenvalue weighted by molar-refractivity contribution is 5.83. The molecule has 0 fully saturated rings. The molecule has 0 atom stereocenters. The first kappa shape index (κ1) is 19.0. The van der Waals surface area contributed by atoms with Crippen LogP contribution < -0.4 is 0 Å². The van der Waals surface area contributed by atoms with E-state index in [1.807, 2.05) is 16.8 Å². The highest BCUT2D eigenvalue weighted by Gasteiger charge is 2.18. The van der Waals surface area contributed by atoms with Crippen LogP contribution in [0.1, 0.15) is 43.1 Å². The monoisotopic (exact) mass is 367 g/mol. The molecule has 0 aliphatic rings. The molecule has 6 nitrogen and oxygen atoms in total. The highest BCUT2D eigenvalue weighted by atomic mass is 16.5. The molecule has 3 aromatic heterocycles. The third-order valence-electron chi connectivity index (χ3n) is 4.72. The molecule has 142 valence electrons. The molecule has 0 spiro atoms. The van der Waals surface area contributed by atoms with Crippen LogP contribution >= 0.6 is 0 Å². The second-order valence-electron chi connectivity index (χ2n) is 6.55. The quantitative estimate of drug-likeness (QED) is 0.580. The minimum atomic E-state index is -0.757. The number of rotatable bonds is 9. The van der Waals surface area contributed by atoms with Gasteiger partial charge in [0.1, 0.15) is 0 Å². The average molecular weight is 367 g/mol. The van der Waals surface area contributed by atoms with Crippen molar-refractivity contribution in [1.82, 2.24) is 14.6 Å². The SMILES string of the molecule is CCc1ccc2c(-c3cccnc3)c(CCCCC(=O)O)c(COC)nn12. The molecule has 0 saturated heterocycles. The fourth-order valence-electron chi connectivity index (χ4n) is 3.46. The van der Waals surface area contributed by atoms with Crippen LogP contribution in [-0.4, -0.2) is 32.8 Å². The molecule has 0 saturated carbocycles. The minimum absolute atomic E-state index is 0.183. The van der Waals surface area contributed by atoms with Gasteiger partial charge in [-0.2, -0.15) is 5.10 Å². The number of methoxy groups -OCH3 is 1. The van der Waals surface area contributed by atoms with E-state index in [4.69, 9.17) is 14.9 Å². The van der Waals surface area contributed by atoms with Crippen LogP contribution in [0, 0.1) is 0 Å². The number of aryl methyl sites for hydroxylation is 1. The predicted octanol–water partition coefficient (Wildman–Crippen LogP) is 3.90. The number of pyridine rings is 1. The van der Waals surface area contributed by atoms with Crippen molar-refractivity contribution in [2.45, 2.75) is 45.6 Å². The van der Waals surface area contributed by atoms with Gasteiger partial charge in [0, 0.05) is 42.7 Å². The predicted molar refractivity (Wildman–Crippen MR) is 104 cm³/mol. The summed E-state index contributed by atoms with van der Waals surface area (Å²) in [6.07, 6.45) is 6.88. The molecule has 0 aromatic carbocycles. The smallest absolute Gasteiger partial charge is 0.303 e. The van der Waals surface area contributed by atoms with Crippen LogP contribution in [0.2, 0.25) is 0 Å². The maximum atomic E-state index is 10.8. The number of carboxylic acids is 1. The number of nitrogens with zero attached hydrogens (tertiary/aromatic N) is 3. The van der Waals surface area contributed by atoms with Crippen LogP contribution in [0.5, 0.6) is 0 Å². The summed E-state index contributed by atoms with van der Waals surface area (Å²) in [5, 5.41) is 13.8. The zero-order valence-electron chi connectivity index (χ0n) is 15.8. The van der Waals surface area contributed by atoms with Gasteiger partial charge in [0.2, 0.25) is 0 Å². The Kier molecular flexibility index (Phi) is 6.19. The third kappa shape index (κ3) is 4.17. The number of carboxylic acid groups (broad SMARTS) is 1. The van der Waals surface area contributed by atoms with Gasteiger partial charge in [-0.05, 0) is 49.4 Å². The van der Waals surface area contributed by atoms with Gasteiger partial charge in [-0.1, -0.05) is 13.0 Å². The largest absolute Gasteiger partial charge is 0.481 e. The molecule has 0 unspecified atom stereocenters. The van der Waals surface area contributed by atoms with E-state index in [1.165, 1.54) is 0 Å². The normalized spacial score (nSPS) is 11.2. The van der Waals surface area contributed by atoms with Gasteiger partial charge < -0.3 is 9.84 Å². The van der Waals surface area contributed by atoms with E-state index in [0.717, 1.165) is 52.9 Å². The maximum Gasteiger partial charge on any atom is 0.303 e. The zero-order chi connectivity index (χ0) is 19.2. The second kappa shape index (κ2) is 8.77. The van der Waals surface area contributed by atoms with Crippen LogP contribution in [0.4, 0.5) is 0 Å². The first-order chi connectivity index (χ1) is 13.2. The van der Waals surface area contributed by atoms with Crippen molar-refractivity contribution < 1.29 is 14.6 Å². The summed E-state index contributed by atoms with van der Waals surface area (Å²) in [5.41, 5.74) is 6.35. The number of ether oxygens (including phenoxy) is 1. The van der Waals surface area contributed by atoms with E-state index in [-0.39, 0.29) is 6.42 Å². The molecule has 0 aliphatic carbocycles. The Labute approximate surface area is 158 Å². The Morgan fingerprint density at radius 3 is 2.78 bits per heavy atom. The molecule has 3 aromatic rings. The van der Waals surface area contributed by atoms with Gasteiger partial charge in [0.25, 0.3) is 0 Å². The van der Waals surface area contributed by atoms with Crippen LogP contribution in [-0.2, 0) is 29.0 Å². The number of carbonyl (C=O) groups is 1. The number of unbranched alkanes of at least 4 members (excludes halogenated alkanes) is 1. The molecule has 0 amide bonds. The number of aliphatic carboxylic acids is 1. The summed E-state index contributed by atoms with van der Waals surface area (Å²) >= 11 is 0. The van der Waals surface area contributed by atoms with Crippen LogP contribution in [0.3, 0.4) is 0 Å². The average Bonchev–Trinajstić information content (AvgIpc) is 3.08. The van der Waals surface area contributed by atoms with Gasteiger partial charge in [0.05, 0.1) is 17.8 Å². The lowest BCUT2D eigenvalue weighted by Crippen LogP contribution is -2.10. The number of hydrogen-bond donors (Lipinski definition) is 1. The summed E-state index contributed by atoms with van der Waals surface area (Å²) in [6.45, 7) is 2.53. The van der Waals surface area contributed by atoms with E-state index in [2.05, 4.69) is 30.1 Å². The lowest BCUT2D eigenvalue weighted by Gasteiger charge is -2.17. The summed E-state index contributed by atoms with van der Waals surface area (Å²) in [7, 11) is 1.67. The third-order valence-corrected chi connectivity index (χ3v) is 4.72. The van der Waals surface area contributed by atoms with E-state index in [9.17, 15) is 4.79 Å². The van der Waals surface area contributed by atoms with E-state index >= 15 is 0 Å². The van der Waals surface area contributed by atoms with Crippen molar-refractivity contribution in [2.75, 3.05) is 7.11 Å². The van der Waals surface area contributed by atoms with Crippen LogP contribution in [0.25, 0.3) is 16.6 Å². The van der Waals surface area contributed by atoms with Crippen molar-refractivity contribution in [2.24, 2.45) is 0 Å². The molecular weight excluding hydrogens is 342 g/mol. The van der Waals surface area contributed by atoms with Crippen molar-refractivity contribution in [3.63, 3.8) is 0 Å². The van der Waals surface area contributed by atoms with E-state index in [0.29, 0.717) is 13.0 Å². The molecule has 3 heterocycles. The summed E-state index contributed by atoms with van der Waals surface area (Å²) in [6, 6.07) is 8.19. The summed E-state index contributed by atoms with van der Waals surface area (Å²) < 4.78 is 7.41. The Bertz CT molecular complexity index is 919. The maximum absolute atomic E-state index is 10.8. The Balaban J connectivity index is 2.13. The zero-order valence-corrected chi connectivity index (χ0v) is 15.8. The Morgan fingerprint density at radius 2 is 2.11 bits per heavy atom. The molecule has 0 radical (unpaired) electrons. The number of aromatic nitrogens is 3. The molecular formula is C21H25N3O3. The topological polar surface area (TPSA) is 76.7 Å². The fraction of sp³-hybridized carbons (Fsp3) is 0.381. The molecule has 0 aliphatic heterocycles. The molecule has 6 heteroatoms. The fourth-order valence-corrected chi connectivity index (χ4v) is 3.46. The number of fused-ring (bicyclic) bond motifs is 1. The number of hydrogen-bond acceptors (Lipinski definition) is 4. The van der Waals surface area contributed by atoms with Crippen molar-refractivity contribution >= 4 is 11.5 Å². The first-order valence-electron chi connectivity index (χ1n) is 9.29. The lowest BCUT2D eigenvalue weighted by molar-refractivity contribution is -0.137. The van der Waals surface area contributed by atoms with Crippen molar-refractivity contribution in [1.29, 1.82) is 0 Å². The summed E-state index contributed by atoms with van der Waals surface area (Å²) in [5.74, 6) is -0.757. The Morgan fingerprint density at radius 1 is 1.26 bits per heavy atom. The van der Waals surface area contributed by atoms with Gasteiger partial charge in [0.15, 0.2) is 0 Å². The molecule has 0 bridgehead atoms. The van der Waals surface area contributed by atoms with Crippen molar-refractivity contribution in [3.05, 3.63) is 53.6 Å². The highest BCUT2D eigenvalue weighted by Crippen LogP contribution is 2.32. The van der Waals surface area contributed by atoms with E-state index in [1.54, 1.807) is 13.3 Å². The molecule has 1 N–H and O–H groups in total. The van der Waals surface area contributed by atoms with Crippen LogP contribution in [0.15, 0.2) is 36.7 Å². The van der Waals surface area contributed by atoms with Gasteiger partial charge in [-0.3, -0.25) is 9.78 Å². The Hall–Kier alpha value is -2.73. The molecule has 3 rings (SSSR count). The van der Waals surface area contributed by atoms with Gasteiger partial charge in [-0.25, -0.2) is 4.52 Å².